The normalized spacial score (nSPS) is 17.5. The topological polar surface area (TPSA) is 76.4 Å². The van der Waals surface area contributed by atoms with E-state index in [4.69, 9.17) is 4.74 Å². The number of benzene rings is 1. The molecule has 0 aliphatic carbocycles. The van der Waals surface area contributed by atoms with E-state index < -0.39 is 41.7 Å². The van der Waals surface area contributed by atoms with Gasteiger partial charge in [0, 0.05) is 37.6 Å². The standard InChI is InChI=1S/C26H28F6N6O2/c1-5-19-13-20(21-15(3)35-36(4)22(21)38(19)24(39)40-6-2)37(23-33-8-7-9-34-23)14-16-10-17(25(27,28)29)12-18(11-16)26(30,31)32/h7-12,19-20H,5-6,13-14H2,1-4H3. The molecule has 1 amide bonds. The van der Waals surface area contributed by atoms with Crippen LogP contribution in [0.5, 0.6) is 0 Å². The summed E-state index contributed by atoms with van der Waals surface area (Å²) in [6, 6.07) is 2.00. The molecule has 0 saturated carbocycles. The zero-order valence-electron chi connectivity index (χ0n) is 22.2. The van der Waals surface area contributed by atoms with Gasteiger partial charge in [-0.25, -0.2) is 14.8 Å². The summed E-state index contributed by atoms with van der Waals surface area (Å²) in [5.41, 5.74) is -1.93. The average molecular weight is 571 g/mol. The number of hydrogen-bond acceptors (Lipinski definition) is 6. The second-order valence-electron chi connectivity index (χ2n) is 9.42. The Bertz CT molecular complexity index is 1330. The van der Waals surface area contributed by atoms with Gasteiger partial charge in [-0.1, -0.05) is 6.92 Å². The summed E-state index contributed by atoms with van der Waals surface area (Å²) in [6.07, 6.45) is -6.92. The van der Waals surface area contributed by atoms with Gasteiger partial charge in [-0.2, -0.15) is 31.4 Å². The molecule has 3 aromatic rings. The van der Waals surface area contributed by atoms with Crippen molar-refractivity contribution in [3.05, 3.63) is 64.6 Å². The molecule has 40 heavy (non-hydrogen) atoms. The molecule has 3 heterocycles. The molecule has 0 radical (unpaired) electrons. The first-order chi connectivity index (χ1) is 18.8. The second-order valence-corrected chi connectivity index (χ2v) is 9.42. The molecule has 1 aliphatic rings. The zero-order valence-corrected chi connectivity index (χ0v) is 22.2. The molecule has 4 rings (SSSR count). The molecule has 0 bridgehead atoms. The Kier molecular flexibility index (Phi) is 7.99. The highest BCUT2D eigenvalue weighted by Crippen LogP contribution is 2.45. The number of nitrogens with zero attached hydrogens (tertiary/aromatic N) is 6. The third kappa shape index (κ3) is 5.70. The monoisotopic (exact) mass is 570 g/mol. The maximum absolute atomic E-state index is 13.6. The fraction of sp³-hybridized carbons (Fsp3) is 0.462. The summed E-state index contributed by atoms with van der Waals surface area (Å²) < 4.78 is 88.5. The van der Waals surface area contributed by atoms with Crippen molar-refractivity contribution in [3.8, 4) is 0 Å². The number of aryl methyl sites for hydroxylation is 2. The van der Waals surface area contributed by atoms with Crippen LogP contribution in [0.4, 0.5) is 42.9 Å². The van der Waals surface area contributed by atoms with Crippen LogP contribution in [0, 0.1) is 6.92 Å². The molecule has 0 N–H and O–H groups in total. The van der Waals surface area contributed by atoms with Crippen LogP contribution in [-0.4, -0.2) is 38.5 Å². The first-order valence-electron chi connectivity index (χ1n) is 12.6. The van der Waals surface area contributed by atoms with Gasteiger partial charge in [-0.05, 0) is 56.5 Å². The van der Waals surface area contributed by atoms with Gasteiger partial charge in [0.2, 0.25) is 5.95 Å². The predicted molar refractivity (Wildman–Crippen MR) is 134 cm³/mol. The van der Waals surface area contributed by atoms with Crippen molar-refractivity contribution in [2.45, 2.75) is 64.6 Å². The molecule has 14 heteroatoms. The number of carbonyl (C=O) groups excluding carboxylic acids is 1. The predicted octanol–water partition coefficient (Wildman–Crippen LogP) is 6.45. The highest BCUT2D eigenvalue weighted by Gasteiger charge is 2.43. The average Bonchev–Trinajstić information content (AvgIpc) is 3.19. The van der Waals surface area contributed by atoms with Crippen molar-refractivity contribution in [3.63, 3.8) is 0 Å². The number of anilines is 2. The van der Waals surface area contributed by atoms with Gasteiger partial charge in [-0.3, -0.25) is 9.58 Å². The maximum atomic E-state index is 13.6. The minimum Gasteiger partial charge on any atom is -0.449 e. The summed E-state index contributed by atoms with van der Waals surface area (Å²) in [7, 11) is 1.65. The van der Waals surface area contributed by atoms with Gasteiger partial charge in [0.05, 0.1) is 29.5 Å². The van der Waals surface area contributed by atoms with Gasteiger partial charge in [-0.15, -0.1) is 0 Å². The lowest BCUT2D eigenvalue weighted by Crippen LogP contribution is -2.48. The third-order valence-electron chi connectivity index (χ3n) is 6.78. The molecule has 2 atom stereocenters. The van der Waals surface area contributed by atoms with Crippen LogP contribution in [0.2, 0.25) is 0 Å². The number of rotatable bonds is 6. The lowest BCUT2D eigenvalue weighted by Gasteiger charge is -2.42. The number of alkyl halides is 6. The van der Waals surface area contributed by atoms with Crippen molar-refractivity contribution in [1.29, 1.82) is 0 Å². The molecule has 0 spiro atoms. The van der Waals surface area contributed by atoms with E-state index in [2.05, 4.69) is 15.1 Å². The van der Waals surface area contributed by atoms with E-state index in [1.54, 1.807) is 31.9 Å². The smallest absolute Gasteiger partial charge is 0.416 e. The van der Waals surface area contributed by atoms with Crippen molar-refractivity contribution in [2.24, 2.45) is 7.05 Å². The van der Waals surface area contributed by atoms with E-state index in [0.29, 0.717) is 35.6 Å². The quantitative estimate of drug-likeness (QED) is 0.317. The van der Waals surface area contributed by atoms with Gasteiger partial charge in [0.15, 0.2) is 0 Å². The number of ether oxygens (including phenoxy) is 1. The summed E-state index contributed by atoms with van der Waals surface area (Å²) >= 11 is 0. The molecule has 0 fully saturated rings. The highest BCUT2D eigenvalue weighted by molar-refractivity contribution is 5.89. The minimum atomic E-state index is -4.99. The van der Waals surface area contributed by atoms with Gasteiger partial charge in [0.25, 0.3) is 0 Å². The fourth-order valence-electron chi connectivity index (χ4n) is 5.12. The zero-order chi connectivity index (χ0) is 29.4. The Morgan fingerprint density at radius 3 is 2.17 bits per heavy atom. The molecule has 0 saturated heterocycles. The van der Waals surface area contributed by atoms with Crippen LogP contribution in [0.1, 0.15) is 60.7 Å². The van der Waals surface area contributed by atoms with Crippen LogP contribution in [0.15, 0.2) is 36.7 Å². The summed E-state index contributed by atoms with van der Waals surface area (Å²) in [6.45, 7) is 5.04. The minimum absolute atomic E-state index is 0.0984. The second kappa shape index (κ2) is 11.0. The lowest BCUT2D eigenvalue weighted by atomic mass is 9.90. The Labute approximate surface area is 226 Å². The van der Waals surface area contributed by atoms with E-state index in [1.807, 2.05) is 6.92 Å². The van der Waals surface area contributed by atoms with E-state index in [1.165, 1.54) is 22.0 Å². The van der Waals surface area contributed by atoms with Gasteiger partial charge >= 0.3 is 18.4 Å². The van der Waals surface area contributed by atoms with Crippen molar-refractivity contribution >= 4 is 17.9 Å². The molecular weight excluding hydrogens is 542 g/mol. The SMILES string of the molecule is CCOC(=O)N1c2c(c(C)nn2C)C(N(Cc2cc(C(F)(F)F)cc(C(F)(F)F)c2)c2ncccn2)CC1CC. The number of carbonyl (C=O) groups is 1. The van der Waals surface area contributed by atoms with Crippen LogP contribution >= 0.6 is 0 Å². The number of aromatic nitrogens is 4. The number of hydrogen-bond donors (Lipinski definition) is 0. The highest BCUT2D eigenvalue weighted by atomic mass is 19.4. The third-order valence-corrected chi connectivity index (χ3v) is 6.78. The summed E-state index contributed by atoms with van der Waals surface area (Å²) in [4.78, 5) is 24.6. The van der Waals surface area contributed by atoms with E-state index in [0.717, 1.165) is 0 Å². The molecule has 1 aliphatic heterocycles. The van der Waals surface area contributed by atoms with Crippen molar-refractivity contribution in [1.82, 2.24) is 19.7 Å². The van der Waals surface area contributed by atoms with Crippen molar-refractivity contribution < 1.29 is 35.9 Å². The number of halogens is 6. The summed E-state index contributed by atoms with van der Waals surface area (Å²) in [5.74, 6) is 0.534. The Morgan fingerprint density at radius 1 is 1.05 bits per heavy atom. The molecular formula is C26H28F6N6O2. The van der Waals surface area contributed by atoms with Gasteiger partial charge < -0.3 is 9.64 Å². The Morgan fingerprint density at radius 2 is 1.65 bits per heavy atom. The van der Waals surface area contributed by atoms with Crippen molar-refractivity contribution in [2.75, 3.05) is 16.4 Å². The van der Waals surface area contributed by atoms with E-state index in [9.17, 15) is 31.1 Å². The maximum Gasteiger partial charge on any atom is 0.416 e. The van der Waals surface area contributed by atoms with Crippen LogP contribution < -0.4 is 9.80 Å². The number of fused-ring (bicyclic) bond motifs is 1. The Hall–Kier alpha value is -3.84. The molecule has 2 aromatic heterocycles. The molecule has 216 valence electrons. The molecule has 8 nitrogen and oxygen atoms in total. The van der Waals surface area contributed by atoms with Crippen LogP contribution in [0.25, 0.3) is 0 Å². The van der Waals surface area contributed by atoms with Crippen LogP contribution in [0.3, 0.4) is 0 Å². The Balaban J connectivity index is 1.89. The van der Waals surface area contributed by atoms with E-state index >= 15 is 0 Å². The molecule has 1 aromatic carbocycles. The largest absolute Gasteiger partial charge is 0.449 e. The fourth-order valence-corrected chi connectivity index (χ4v) is 5.12. The molecule has 2 unspecified atom stereocenters. The van der Waals surface area contributed by atoms with Crippen LogP contribution in [-0.2, 0) is 30.7 Å². The number of amides is 1. The lowest BCUT2D eigenvalue weighted by molar-refractivity contribution is -0.143. The van der Waals surface area contributed by atoms with E-state index in [-0.39, 0.29) is 37.2 Å². The van der Waals surface area contributed by atoms with Gasteiger partial charge in [0.1, 0.15) is 5.82 Å². The summed E-state index contributed by atoms with van der Waals surface area (Å²) in [5, 5.41) is 4.48. The first-order valence-corrected chi connectivity index (χ1v) is 12.6. The first kappa shape index (κ1) is 29.2.